The first-order valence-corrected chi connectivity index (χ1v) is 8.67. The number of rotatable bonds is 3. The first-order chi connectivity index (χ1) is 12.1. The number of piperidine rings is 1. The lowest BCUT2D eigenvalue weighted by Crippen LogP contribution is -2.41. The van der Waals surface area contributed by atoms with Crippen molar-refractivity contribution in [2.24, 2.45) is 7.05 Å². The van der Waals surface area contributed by atoms with E-state index in [0.717, 1.165) is 48.5 Å². The molecule has 1 aliphatic heterocycles. The molecule has 0 N–H and O–H groups in total. The highest BCUT2D eigenvalue weighted by Crippen LogP contribution is 2.26. The summed E-state index contributed by atoms with van der Waals surface area (Å²) in [6.45, 7) is 3.75. The van der Waals surface area contributed by atoms with Gasteiger partial charge in [0.25, 0.3) is 0 Å². The molecule has 4 rings (SSSR count). The predicted molar refractivity (Wildman–Crippen MR) is 94.0 cm³/mol. The number of para-hydroxylation sites is 1. The lowest BCUT2D eigenvalue weighted by molar-refractivity contribution is -0.133. The minimum atomic E-state index is 0.0892. The van der Waals surface area contributed by atoms with Gasteiger partial charge in [0.15, 0.2) is 0 Å². The second-order valence-corrected chi connectivity index (χ2v) is 6.77. The third-order valence-electron chi connectivity index (χ3n) is 4.88. The molecule has 0 spiro atoms. The average molecular weight is 338 g/mol. The molecular formula is C18H22N6O. The van der Waals surface area contributed by atoms with Gasteiger partial charge in [0.2, 0.25) is 5.91 Å². The summed E-state index contributed by atoms with van der Waals surface area (Å²) < 4.78 is 3.77. The van der Waals surface area contributed by atoms with Gasteiger partial charge in [-0.2, -0.15) is 0 Å². The van der Waals surface area contributed by atoms with Gasteiger partial charge in [-0.15, -0.1) is 5.10 Å². The van der Waals surface area contributed by atoms with Crippen LogP contribution in [0.1, 0.15) is 30.3 Å². The Bertz CT molecular complexity index is 911. The quantitative estimate of drug-likeness (QED) is 0.731. The zero-order chi connectivity index (χ0) is 17.4. The highest BCUT2D eigenvalue weighted by molar-refractivity contribution is 5.80. The van der Waals surface area contributed by atoms with E-state index in [1.807, 2.05) is 49.3 Å². The molecule has 1 fully saturated rings. The fraction of sp³-hybridized carbons (Fsp3) is 0.444. The second kappa shape index (κ2) is 6.31. The molecule has 7 nitrogen and oxygen atoms in total. The molecule has 1 amide bonds. The van der Waals surface area contributed by atoms with Crippen LogP contribution in [-0.2, 0) is 18.4 Å². The van der Waals surface area contributed by atoms with Crippen LogP contribution in [0.3, 0.4) is 0 Å². The van der Waals surface area contributed by atoms with E-state index in [9.17, 15) is 4.79 Å². The average Bonchev–Trinajstić information content (AvgIpc) is 3.18. The SMILES string of the molecule is Cc1cn(C)c([C@@H]2CCCN(C(=O)Cn3nnc4ccccc43)C2)n1. The number of aromatic nitrogens is 5. The molecule has 130 valence electrons. The zero-order valence-electron chi connectivity index (χ0n) is 14.6. The summed E-state index contributed by atoms with van der Waals surface area (Å²) in [7, 11) is 2.03. The number of carbonyl (C=O) groups excluding carboxylic acids is 1. The highest BCUT2D eigenvalue weighted by Gasteiger charge is 2.27. The molecule has 1 aliphatic rings. The van der Waals surface area contributed by atoms with Crippen LogP contribution >= 0.6 is 0 Å². The van der Waals surface area contributed by atoms with E-state index in [4.69, 9.17) is 0 Å². The summed E-state index contributed by atoms with van der Waals surface area (Å²) in [5, 5.41) is 8.25. The molecule has 7 heteroatoms. The van der Waals surface area contributed by atoms with Crippen molar-refractivity contribution in [2.75, 3.05) is 13.1 Å². The van der Waals surface area contributed by atoms with Gasteiger partial charge in [0.05, 0.1) is 11.2 Å². The summed E-state index contributed by atoms with van der Waals surface area (Å²) in [4.78, 5) is 19.4. The van der Waals surface area contributed by atoms with E-state index in [1.165, 1.54) is 0 Å². The molecule has 1 aromatic carbocycles. The van der Waals surface area contributed by atoms with E-state index in [1.54, 1.807) is 4.68 Å². The lowest BCUT2D eigenvalue weighted by atomic mass is 9.97. The second-order valence-electron chi connectivity index (χ2n) is 6.77. The molecule has 0 unspecified atom stereocenters. The maximum Gasteiger partial charge on any atom is 0.244 e. The van der Waals surface area contributed by atoms with Crippen molar-refractivity contribution < 1.29 is 4.79 Å². The monoisotopic (exact) mass is 338 g/mol. The van der Waals surface area contributed by atoms with Crippen LogP contribution < -0.4 is 0 Å². The Kier molecular flexibility index (Phi) is 3.99. The van der Waals surface area contributed by atoms with Crippen molar-refractivity contribution in [3.63, 3.8) is 0 Å². The largest absolute Gasteiger partial charge is 0.340 e. The van der Waals surface area contributed by atoms with Crippen molar-refractivity contribution in [1.29, 1.82) is 0 Å². The predicted octanol–water partition coefficient (Wildman–Crippen LogP) is 1.88. The first-order valence-electron chi connectivity index (χ1n) is 8.67. The van der Waals surface area contributed by atoms with Gasteiger partial charge in [-0.3, -0.25) is 4.79 Å². The first kappa shape index (κ1) is 15.8. The summed E-state index contributed by atoms with van der Waals surface area (Å²) in [6, 6.07) is 7.71. The molecule has 0 aliphatic carbocycles. The maximum absolute atomic E-state index is 12.8. The molecule has 0 radical (unpaired) electrons. The maximum atomic E-state index is 12.8. The smallest absolute Gasteiger partial charge is 0.244 e. The van der Waals surface area contributed by atoms with Crippen LogP contribution in [0.25, 0.3) is 11.0 Å². The van der Waals surface area contributed by atoms with Gasteiger partial charge in [0.1, 0.15) is 17.9 Å². The minimum Gasteiger partial charge on any atom is -0.340 e. The molecule has 1 atom stereocenters. The Balaban J connectivity index is 1.49. The van der Waals surface area contributed by atoms with Crippen LogP contribution in [0.4, 0.5) is 0 Å². The Morgan fingerprint density at radius 1 is 1.32 bits per heavy atom. The Labute approximate surface area is 146 Å². The molecule has 1 saturated heterocycles. The van der Waals surface area contributed by atoms with Crippen molar-refractivity contribution in [1.82, 2.24) is 29.4 Å². The van der Waals surface area contributed by atoms with Gasteiger partial charge < -0.3 is 9.47 Å². The number of carbonyl (C=O) groups is 1. The number of nitrogens with zero attached hydrogens (tertiary/aromatic N) is 6. The van der Waals surface area contributed by atoms with Gasteiger partial charge >= 0.3 is 0 Å². The fourth-order valence-corrected chi connectivity index (χ4v) is 3.69. The van der Waals surface area contributed by atoms with E-state index < -0.39 is 0 Å². The Morgan fingerprint density at radius 3 is 2.96 bits per heavy atom. The third-order valence-corrected chi connectivity index (χ3v) is 4.88. The van der Waals surface area contributed by atoms with Gasteiger partial charge in [-0.1, -0.05) is 17.3 Å². The van der Waals surface area contributed by atoms with Crippen LogP contribution in [0, 0.1) is 6.92 Å². The fourth-order valence-electron chi connectivity index (χ4n) is 3.69. The number of hydrogen-bond donors (Lipinski definition) is 0. The summed E-state index contributed by atoms with van der Waals surface area (Å²) in [5.41, 5.74) is 2.73. The summed E-state index contributed by atoms with van der Waals surface area (Å²) >= 11 is 0. The number of imidazole rings is 1. The van der Waals surface area contributed by atoms with Crippen LogP contribution in [-0.4, -0.2) is 48.4 Å². The van der Waals surface area contributed by atoms with E-state index in [2.05, 4.69) is 19.9 Å². The molecular weight excluding hydrogens is 316 g/mol. The van der Waals surface area contributed by atoms with Crippen molar-refractivity contribution in [2.45, 2.75) is 32.2 Å². The number of aryl methyl sites for hydroxylation is 2. The number of amides is 1. The Hall–Kier alpha value is -2.70. The van der Waals surface area contributed by atoms with Crippen LogP contribution in [0.15, 0.2) is 30.5 Å². The lowest BCUT2D eigenvalue weighted by Gasteiger charge is -2.32. The van der Waals surface area contributed by atoms with E-state index in [-0.39, 0.29) is 12.5 Å². The van der Waals surface area contributed by atoms with E-state index >= 15 is 0 Å². The minimum absolute atomic E-state index is 0.0892. The molecule has 3 heterocycles. The van der Waals surface area contributed by atoms with Crippen LogP contribution in [0.2, 0.25) is 0 Å². The normalized spacial score (nSPS) is 18.0. The molecule has 0 bridgehead atoms. The number of hydrogen-bond acceptors (Lipinski definition) is 4. The van der Waals surface area contributed by atoms with Crippen molar-refractivity contribution >= 4 is 16.9 Å². The van der Waals surface area contributed by atoms with Crippen LogP contribution in [0.5, 0.6) is 0 Å². The Morgan fingerprint density at radius 2 is 2.16 bits per heavy atom. The summed E-state index contributed by atoms with van der Waals surface area (Å²) in [5.74, 6) is 1.45. The zero-order valence-corrected chi connectivity index (χ0v) is 14.6. The van der Waals surface area contributed by atoms with Gasteiger partial charge in [0, 0.05) is 32.3 Å². The standard InChI is InChI=1S/C18H22N6O/c1-13-10-22(2)18(19-13)14-6-5-9-23(11-14)17(25)12-24-16-8-4-3-7-15(16)20-21-24/h3-4,7-8,10,14H,5-6,9,11-12H2,1-2H3/t14-/m1/s1. The van der Waals surface area contributed by atoms with Gasteiger partial charge in [-0.25, -0.2) is 9.67 Å². The number of likely N-dealkylation sites (tertiary alicyclic amines) is 1. The highest BCUT2D eigenvalue weighted by atomic mass is 16.2. The molecule has 25 heavy (non-hydrogen) atoms. The topological polar surface area (TPSA) is 68.8 Å². The van der Waals surface area contributed by atoms with E-state index in [0.29, 0.717) is 5.92 Å². The summed E-state index contributed by atoms with van der Waals surface area (Å²) in [6.07, 6.45) is 4.11. The number of benzene rings is 1. The molecule has 2 aromatic heterocycles. The molecule has 3 aromatic rings. The molecule has 0 saturated carbocycles. The third kappa shape index (κ3) is 3.01. The number of fused-ring (bicyclic) bond motifs is 1. The van der Waals surface area contributed by atoms with Gasteiger partial charge in [-0.05, 0) is 31.9 Å². The van der Waals surface area contributed by atoms with Crippen molar-refractivity contribution in [3.8, 4) is 0 Å². The van der Waals surface area contributed by atoms with Crippen molar-refractivity contribution in [3.05, 3.63) is 42.0 Å².